The van der Waals surface area contributed by atoms with Gasteiger partial charge in [-0.15, -0.1) is 0 Å². The van der Waals surface area contributed by atoms with Gasteiger partial charge in [-0.1, -0.05) is 403 Å². The van der Waals surface area contributed by atoms with Gasteiger partial charge in [-0.25, -0.2) is 0 Å². The first-order chi connectivity index (χ1) is 55.3. The summed E-state index contributed by atoms with van der Waals surface area (Å²) in [6, 6.07) is -0.889. The Morgan fingerprint density at radius 2 is 0.611 bits per heavy atom. The summed E-state index contributed by atoms with van der Waals surface area (Å²) in [6.07, 6.45) is 69.5. The minimum atomic E-state index is -1.97. The second kappa shape index (κ2) is 73.7. The number of unbranched alkanes of at least 4 members (excludes halogenated alkanes) is 54. The summed E-state index contributed by atoms with van der Waals surface area (Å²) in [5.41, 5.74) is 0. The summed E-state index contributed by atoms with van der Waals surface area (Å²) in [5, 5.41) is 121. The zero-order valence-electron chi connectivity index (χ0n) is 71.9. The Labute approximate surface area is 688 Å². The average molecular weight is 1610 g/mol. The van der Waals surface area contributed by atoms with E-state index in [2.05, 4.69) is 67.8 Å². The monoisotopic (exact) mass is 1610 g/mol. The van der Waals surface area contributed by atoms with Crippen molar-refractivity contribution in [3.05, 3.63) is 48.6 Å². The highest BCUT2D eigenvalue weighted by molar-refractivity contribution is 5.76. The van der Waals surface area contributed by atoms with Gasteiger partial charge < -0.3 is 89.9 Å². The predicted octanol–water partition coefficient (Wildman–Crippen LogP) is 18.7. The molecule has 0 aliphatic carbocycles. The summed E-state index contributed by atoms with van der Waals surface area (Å²) in [5.74, 6) is -0.234. The fourth-order valence-corrected chi connectivity index (χ4v) is 16.2. The molecule has 1 amide bonds. The highest BCUT2D eigenvalue weighted by Gasteiger charge is 2.54. The number of nitrogens with one attached hydrogen (secondary N) is 1. The first-order valence-electron chi connectivity index (χ1n) is 47.4. The van der Waals surface area contributed by atoms with Crippen LogP contribution in [0, 0.1) is 0 Å². The van der Waals surface area contributed by atoms with Crippen LogP contribution in [0.2, 0.25) is 0 Å². The van der Waals surface area contributed by atoms with Crippen molar-refractivity contribution in [1.29, 1.82) is 0 Å². The van der Waals surface area contributed by atoms with E-state index in [4.69, 9.17) is 28.4 Å². The van der Waals surface area contributed by atoms with Gasteiger partial charge in [0.25, 0.3) is 0 Å². The Morgan fingerprint density at radius 1 is 0.327 bits per heavy atom. The van der Waals surface area contributed by atoms with Crippen molar-refractivity contribution in [2.75, 3.05) is 26.4 Å². The number of aliphatic hydroxyl groups is 11. The molecular formula is C94H175NO18. The van der Waals surface area contributed by atoms with E-state index in [0.29, 0.717) is 12.8 Å². The van der Waals surface area contributed by atoms with Crippen LogP contribution in [0.15, 0.2) is 48.6 Å². The number of aliphatic hydroxyl groups excluding tert-OH is 11. The molecule has 3 rings (SSSR count). The van der Waals surface area contributed by atoms with E-state index in [9.17, 15) is 61.0 Å². The second-order valence-corrected chi connectivity index (χ2v) is 33.8. The van der Waals surface area contributed by atoms with E-state index in [1.54, 1.807) is 0 Å². The van der Waals surface area contributed by atoms with Gasteiger partial charge in [-0.3, -0.25) is 4.79 Å². The van der Waals surface area contributed by atoms with Crippen LogP contribution in [-0.4, -0.2) is 193 Å². The molecule has 17 unspecified atom stereocenters. The molecule has 0 aromatic rings. The van der Waals surface area contributed by atoms with Crippen molar-refractivity contribution in [3.8, 4) is 0 Å². The van der Waals surface area contributed by atoms with Crippen molar-refractivity contribution in [2.45, 2.75) is 516 Å². The second-order valence-electron chi connectivity index (χ2n) is 33.8. The zero-order valence-corrected chi connectivity index (χ0v) is 71.9. The highest BCUT2D eigenvalue weighted by Crippen LogP contribution is 2.34. The van der Waals surface area contributed by atoms with Crippen LogP contribution >= 0.6 is 0 Å². The number of carbonyl (C=O) groups is 1. The van der Waals surface area contributed by atoms with Crippen LogP contribution in [0.1, 0.15) is 412 Å². The normalized spacial score (nSPS) is 25.0. The lowest BCUT2D eigenvalue weighted by Gasteiger charge is -2.48. The van der Waals surface area contributed by atoms with E-state index in [1.165, 1.54) is 308 Å². The van der Waals surface area contributed by atoms with Gasteiger partial charge in [0.2, 0.25) is 5.91 Å². The molecule has 0 radical (unpaired) electrons. The number of hydrogen-bond acceptors (Lipinski definition) is 18. The van der Waals surface area contributed by atoms with E-state index >= 15 is 0 Å². The maximum Gasteiger partial charge on any atom is 0.220 e. The van der Waals surface area contributed by atoms with Crippen molar-refractivity contribution in [3.63, 3.8) is 0 Å². The molecule has 0 spiro atoms. The first-order valence-corrected chi connectivity index (χ1v) is 47.4. The fraction of sp³-hybridized carbons (Fsp3) is 0.904. The number of hydrogen-bond donors (Lipinski definition) is 12. The van der Waals surface area contributed by atoms with Gasteiger partial charge in [0.05, 0.1) is 38.6 Å². The Morgan fingerprint density at radius 3 is 0.956 bits per heavy atom. The van der Waals surface area contributed by atoms with Crippen molar-refractivity contribution in [1.82, 2.24) is 5.32 Å². The number of rotatable bonds is 78. The fourth-order valence-electron chi connectivity index (χ4n) is 16.2. The minimum Gasteiger partial charge on any atom is -0.394 e. The van der Waals surface area contributed by atoms with Crippen molar-refractivity contribution >= 4 is 5.91 Å². The summed E-state index contributed by atoms with van der Waals surface area (Å²) in [7, 11) is 0. The molecule has 3 aliphatic rings. The zero-order chi connectivity index (χ0) is 81.7. The van der Waals surface area contributed by atoms with Gasteiger partial charge in [-0.2, -0.15) is 0 Å². The van der Waals surface area contributed by atoms with E-state index < -0.39 is 124 Å². The molecule has 19 heteroatoms. The number of allylic oxidation sites excluding steroid dienone is 8. The molecular weight excluding hydrogens is 1430 g/mol. The van der Waals surface area contributed by atoms with Crippen LogP contribution < -0.4 is 5.32 Å². The van der Waals surface area contributed by atoms with Gasteiger partial charge in [0, 0.05) is 6.42 Å². The molecule has 3 aliphatic heterocycles. The summed E-state index contributed by atoms with van der Waals surface area (Å²) < 4.78 is 34.6. The molecule has 0 aromatic carbocycles. The van der Waals surface area contributed by atoms with Crippen LogP contribution in [0.3, 0.4) is 0 Å². The quantitative estimate of drug-likeness (QED) is 0.0199. The Bertz CT molecular complexity index is 2220. The predicted molar refractivity (Wildman–Crippen MR) is 457 cm³/mol. The molecule has 12 N–H and O–H groups in total. The van der Waals surface area contributed by atoms with Crippen LogP contribution in [0.5, 0.6) is 0 Å². The smallest absolute Gasteiger partial charge is 0.220 e. The molecule has 0 aromatic heterocycles. The molecule has 664 valence electrons. The maximum absolute atomic E-state index is 13.6. The summed E-state index contributed by atoms with van der Waals surface area (Å²) in [4.78, 5) is 13.6. The van der Waals surface area contributed by atoms with Gasteiger partial charge in [0.15, 0.2) is 18.9 Å². The standard InChI is InChI=1S/C94H175NO18/c1-3-5-7-9-11-13-15-17-19-21-23-25-27-29-31-33-35-37-38-40-42-44-46-48-50-52-54-56-58-60-62-64-66-68-70-72-82(100)95-77(78(99)71-69-67-65-63-61-59-57-55-53-51-49-47-45-43-41-39-36-34-32-30-28-26-24-22-20-18-16-14-12-10-8-6-4-2)76-108-92-88(106)85(103)90(80(74-97)110-92)113-94-89(107)86(104)91(81(75-98)111-94)112-93-87(105)84(102)83(101)79(73-96)109-93/h5,7,11,13,17,19,23,25,77-81,83-94,96-99,101-107H,3-4,6,8-10,12,14-16,18,20-22,24,26-76H2,1-2H3,(H,95,100)/b7-5-,13-11-,19-17-,25-23-. The van der Waals surface area contributed by atoms with E-state index in [-0.39, 0.29) is 18.9 Å². The summed E-state index contributed by atoms with van der Waals surface area (Å²) in [6.45, 7) is 1.76. The van der Waals surface area contributed by atoms with Crippen molar-refractivity contribution in [2.24, 2.45) is 0 Å². The molecule has 19 nitrogen and oxygen atoms in total. The molecule has 17 atom stereocenters. The molecule has 3 saturated heterocycles. The molecule has 0 saturated carbocycles. The lowest BCUT2D eigenvalue weighted by Crippen LogP contribution is -2.66. The third-order valence-electron chi connectivity index (χ3n) is 23.7. The van der Waals surface area contributed by atoms with Gasteiger partial charge in [-0.05, 0) is 51.4 Å². The van der Waals surface area contributed by atoms with Crippen LogP contribution in [0.4, 0.5) is 0 Å². The lowest BCUT2D eigenvalue weighted by molar-refractivity contribution is -0.379. The first kappa shape index (κ1) is 105. The molecule has 3 heterocycles. The number of amides is 1. The van der Waals surface area contributed by atoms with Gasteiger partial charge >= 0.3 is 0 Å². The Balaban J connectivity index is 1.30. The van der Waals surface area contributed by atoms with E-state index in [0.717, 1.165) is 70.6 Å². The maximum atomic E-state index is 13.6. The highest BCUT2D eigenvalue weighted by atomic mass is 16.8. The average Bonchev–Trinajstić information content (AvgIpc) is 0.780. The minimum absolute atomic E-state index is 0.234. The molecule has 0 bridgehead atoms. The van der Waals surface area contributed by atoms with Crippen molar-refractivity contribution < 1.29 is 89.4 Å². The van der Waals surface area contributed by atoms with Crippen LogP contribution in [0.25, 0.3) is 0 Å². The Hall–Kier alpha value is -2.25. The SMILES string of the molecule is CC/C=C\C/C=C\C/C=C\C/C=C\CCCCCCCCCCCCCCCCCCCCCCCCC(=O)NC(COC1OC(CO)C(OC2OC(CO)C(OC3OC(CO)C(O)C(O)C3O)C(O)C2O)C(O)C1O)C(O)CCCCCCCCCCCCCCCCCCCCCCCCCCCCCCCCCCC. The largest absolute Gasteiger partial charge is 0.394 e. The Kier molecular flexibility index (Phi) is 68.4. The van der Waals surface area contributed by atoms with Gasteiger partial charge in [0.1, 0.15) is 73.2 Å². The third-order valence-corrected chi connectivity index (χ3v) is 23.7. The summed E-state index contributed by atoms with van der Waals surface area (Å²) >= 11 is 0. The van der Waals surface area contributed by atoms with Crippen LogP contribution in [-0.2, 0) is 33.2 Å². The van der Waals surface area contributed by atoms with E-state index in [1.807, 2.05) is 0 Å². The lowest BCUT2D eigenvalue weighted by atomic mass is 9.96. The molecule has 113 heavy (non-hydrogen) atoms. The third kappa shape index (κ3) is 51.9. The number of carbonyl (C=O) groups excluding carboxylic acids is 1. The molecule has 3 fully saturated rings. The topological polar surface area (TPSA) is 307 Å². The number of ether oxygens (including phenoxy) is 6.